The summed E-state index contributed by atoms with van der Waals surface area (Å²) in [6.07, 6.45) is 1.89. The number of thioether (sulfide) groups is 1. The van der Waals surface area contributed by atoms with E-state index in [2.05, 4.69) is 5.32 Å². The Balaban J connectivity index is 2.73. The van der Waals surface area contributed by atoms with Gasteiger partial charge in [0.15, 0.2) is 0 Å². The van der Waals surface area contributed by atoms with Crippen molar-refractivity contribution in [2.75, 3.05) is 11.6 Å². The monoisotopic (exact) mass is 263 g/mol. The topological polar surface area (TPSA) is 29.1 Å². The number of nitrogens with one attached hydrogen (secondary N) is 1. The molecule has 0 spiro atoms. The summed E-state index contributed by atoms with van der Waals surface area (Å²) in [6, 6.07) is 5.01. The van der Waals surface area contributed by atoms with Gasteiger partial charge < -0.3 is 5.32 Å². The largest absolute Gasteiger partial charge is 0.325 e. The Labute approximate surface area is 103 Å². The van der Waals surface area contributed by atoms with Gasteiger partial charge in [0.1, 0.15) is 0 Å². The molecule has 0 saturated carbocycles. The molecule has 1 aromatic carbocycles. The van der Waals surface area contributed by atoms with E-state index in [4.69, 9.17) is 23.2 Å². The molecule has 0 aliphatic heterocycles. The molecule has 5 heteroatoms. The van der Waals surface area contributed by atoms with Crippen molar-refractivity contribution < 1.29 is 4.79 Å². The number of amides is 1. The zero-order valence-corrected chi connectivity index (χ0v) is 10.7. The van der Waals surface area contributed by atoms with Crippen LogP contribution in [-0.4, -0.2) is 17.4 Å². The molecule has 0 aromatic heterocycles. The van der Waals surface area contributed by atoms with Crippen LogP contribution in [0.25, 0.3) is 0 Å². The van der Waals surface area contributed by atoms with Crippen LogP contribution in [0.3, 0.4) is 0 Å². The number of anilines is 1. The van der Waals surface area contributed by atoms with E-state index in [-0.39, 0.29) is 11.2 Å². The van der Waals surface area contributed by atoms with E-state index >= 15 is 0 Å². The lowest BCUT2D eigenvalue weighted by Gasteiger charge is -2.10. The number of halogens is 2. The van der Waals surface area contributed by atoms with E-state index < -0.39 is 0 Å². The van der Waals surface area contributed by atoms with Crippen LogP contribution in [0.2, 0.25) is 10.0 Å². The van der Waals surface area contributed by atoms with Crippen LogP contribution in [0.15, 0.2) is 18.2 Å². The first-order valence-corrected chi connectivity index (χ1v) is 6.37. The van der Waals surface area contributed by atoms with Gasteiger partial charge in [-0.3, -0.25) is 4.79 Å². The molecule has 15 heavy (non-hydrogen) atoms. The molecule has 0 aliphatic carbocycles. The molecule has 1 N–H and O–H groups in total. The second kappa shape index (κ2) is 5.64. The first kappa shape index (κ1) is 12.7. The van der Waals surface area contributed by atoms with Gasteiger partial charge in [0.2, 0.25) is 5.91 Å². The summed E-state index contributed by atoms with van der Waals surface area (Å²) in [6.45, 7) is 1.84. The zero-order chi connectivity index (χ0) is 11.4. The van der Waals surface area contributed by atoms with Crippen LogP contribution in [0.5, 0.6) is 0 Å². The summed E-state index contributed by atoms with van der Waals surface area (Å²) >= 11 is 13.1. The van der Waals surface area contributed by atoms with Crippen LogP contribution in [0, 0.1) is 0 Å². The molecule has 1 atom stereocenters. The normalized spacial score (nSPS) is 12.3. The molecule has 0 saturated heterocycles. The van der Waals surface area contributed by atoms with Gasteiger partial charge in [0, 0.05) is 5.69 Å². The molecular formula is C10H11Cl2NOS. The van der Waals surface area contributed by atoms with Crippen molar-refractivity contribution in [2.45, 2.75) is 12.2 Å². The molecule has 0 heterocycles. The lowest BCUT2D eigenvalue weighted by Crippen LogP contribution is -2.21. The molecule has 1 rings (SSSR count). The first-order valence-electron chi connectivity index (χ1n) is 4.33. The van der Waals surface area contributed by atoms with Gasteiger partial charge in [-0.2, -0.15) is 11.8 Å². The van der Waals surface area contributed by atoms with E-state index in [1.54, 1.807) is 18.2 Å². The van der Waals surface area contributed by atoms with Crippen molar-refractivity contribution >= 4 is 46.6 Å². The predicted octanol–water partition coefficient (Wildman–Crippen LogP) is 3.68. The van der Waals surface area contributed by atoms with Crippen molar-refractivity contribution in [3.8, 4) is 0 Å². The Morgan fingerprint density at radius 3 is 2.60 bits per heavy atom. The van der Waals surface area contributed by atoms with E-state index in [0.29, 0.717) is 15.7 Å². The minimum absolute atomic E-state index is 0.0408. The molecule has 0 bridgehead atoms. The smallest absolute Gasteiger partial charge is 0.237 e. The van der Waals surface area contributed by atoms with Crippen molar-refractivity contribution in [1.29, 1.82) is 0 Å². The lowest BCUT2D eigenvalue weighted by atomic mass is 10.3. The fourth-order valence-electron chi connectivity index (χ4n) is 0.925. The molecule has 0 unspecified atom stereocenters. The fourth-order valence-corrected chi connectivity index (χ4v) is 1.50. The molecule has 1 aromatic rings. The third kappa shape index (κ3) is 3.59. The number of hydrogen-bond acceptors (Lipinski definition) is 2. The minimum Gasteiger partial charge on any atom is -0.325 e. The maximum absolute atomic E-state index is 11.5. The highest BCUT2D eigenvalue weighted by molar-refractivity contribution is 7.99. The average Bonchev–Trinajstić information content (AvgIpc) is 2.22. The summed E-state index contributed by atoms with van der Waals surface area (Å²) in [5.74, 6) is -0.0408. The summed E-state index contributed by atoms with van der Waals surface area (Å²) in [5.41, 5.74) is 0.662. The molecule has 0 fully saturated rings. The number of hydrogen-bond donors (Lipinski definition) is 1. The van der Waals surface area contributed by atoms with Gasteiger partial charge in [0.05, 0.1) is 15.3 Å². The Kier molecular flexibility index (Phi) is 4.77. The fraction of sp³-hybridized carbons (Fsp3) is 0.300. The number of carbonyl (C=O) groups excluding carboxylic acids is 1. The summed E-state index contributed by atoms with van der Waals surface area (Å²) in [7, 11) is 0. The Hall–Kier alpha value is -0.380. The molecule has 1 amide bonds. The van der Waals surface area contributed by atoms with Gasteiger partial charge >= 0.3 is 0 Å². The van der Waals surface area contributed by atoms with Gasteiger partial charge in [-0.1, -0.05) is 23.2 Å². The Bertz CT molecular complexity index is 370. The maximum Gasteiger partial charge on any atom is 0.237 e. The third-order valence-corrected chi connectivity index (χ3v) is 3.57. The molecule has 0 aliphatic rings. The van der Waals surface area contributed by atoms with E-state index in [1.165, 1.54) is 11.8 Å². The van der Waals surface area contributed by atoms with Crippen molar-refractivity contribution in [3.05, 3.63) is 28.2 Å². The maximum atomic E-state index is 11.5. The number of carbonyl (C=O) groups is 1. The highest BCUT2D eigenvalue weighted by Gasteiger charge is 2.11. The highest BCUT2D eigenvalue weighted by atomic mass is 35.5. The van der Waals surface area contributed by atoms with Crippen LogP contribution in [0.1, 0.15) is 6.92 Å². The Morgan fingerprint density at radius 2 is 2.07 bits per heavy atom. The second-order valence-corrected chi connectivity index (χ2v) is 4.99. The molecule has 82 valence electrons. The van der Waals surface area contributed by atoms with Gasteiger partial charge in [-0.15, -0.1) is 0 Å². The van der Waals surface area contributed by atoms with Crippen LogP contribution < -0.4 is 5.32 Å². The second-order valence-electron chi connectivity index (χ2n) is 3.00. The minimum atomic E-state index is -0.0838. The highest BCUT2D eigenvalue weighted by Crippen LogP contribution is 2.25. The third-order valence-electron chi connectivity index (χ3n) is 1.91. The van der Waals surface area contributed by atoms with Crippen LogP contribution in [-0.2, 0) is 4.79 Å². The summed E-state index contributed by atoms with van der Waals surface area (Å²) in [4.78, 5) is 11.5. The van der Waals surface area contributed by atoms with Crippen LogP contribution in [0.4, 0.5) is 5.69 Å². The van der Waals surface area contributed by atoms with E-state index in [1.807, 2.05) is 13.2 Å². The standard InChI is InChI=1S/C10H11Cl2NOS/c1-6(15-2)10(14)13-7-3-4-8(11)9(12)5-7/h3-6H,1-2H3,(H,13,14)/t6-/m0/s1. The quantitative estimate of drug-likeness (QED) is 0.902. The zero-order valence-electron chi connectivity index (χ0n) is 8.38. The average molecular weight is 264 g/mol. The summed E-state index contributed by atoms with van der Waals surface area (Å²) < 4.78 is 0. The van der Waals surface area contributed by atoms with E-state index in [0.717, 1.165) is 0 Å². The van der Waals surface area contributed by atoms with Gasteiger partial charge in [-0.05, 0) is 31.4 Å². The molecular weight excluding hydrogens is 253 g/mol. The van der Waals surface area contributed by atoms with Gasteiger partial charge in [-0.25, -0.2) is 0 Å². The Morgan fingerprint density at radius 1 is 1.40 bits per heavy atom. The predicted molar refractivity (Wildman–Crippen MR) is 68.1 cm³/mol. The first-order chi connectivity index (χ1) is 7.04. The summed E-state index contributed by atoms with van der Waals surface area (Å²) in [5, 5.41) is 3.59. The lowest BCUT2D eigenvalue weighted by molar-refractivity contribution is -0.115. The van der Waals surface area contributed by atoms with Crippen LogP contribution >= 0.6 is 35.0 Å². The number of benzene rings is 1. The number of rotatable bonds is 3. The molecule has 0 radical (unpaired) electrons. The molecule has 2 nitrogen and oxygen atoms in total. The SMILES string of the molecule is CS[C@@H](C)C(=O)Nc1ccc(Cl)c(Cl)c1. The van der Waals surface area contributed by atoms with Crippen molar-refractivity contribution in [2.24, 2.45) is 0 Å². The van der Waals surface area contributed by atoms with Crippen molar-refractivity contribution in [1.82, 2.24) is 0 Å². The van der Waals surface area contributed by atoms with E-state index in [9.17, 15) is 4.79 Å². The van der Waals surface area contributed by atoms with Crippen molar-refractivity contribution in [3.63, 3.8) is 0 Å². The van der Waals surface area contributed by atoms with Gasteiger partial charge in [0.25, 0.3) is 0 Å².